The van der Waals surface area contributed by atoms with Crippen LogP contribution in [0.1, 0.15) is 20.8 Å². The monoisotopic (exact) mass is 177 g/mol. The molecule has 0 heterocycles. The van der Waals surface area contributed by atoms with Gasteiger partial charge < -0.3 is 5.41 Å². The van der Waals surface area contributed by atoms with Crippen LogP contribution in [0.3, 0.4) is 0 Å². The van der Waals surface area contributed by atoms with Gasteiger partial charge in [-0.05, 0) is 13.0 Å². The number of nitrogens with one attached hydrogen (secondary N) is 1. The highest BCUT2D eigenvalue weighted by Gasteiger charge is 1.57. The summed E-state index contributed by atoms with van der Waals surface area (Å²) in [6.45, 7) is 5.88. The quantitative estimate of drug-likeness (QED) is 0.628. The molecule has 0 saturated heterocycles. The average molecular weight is 177 g/mol. The predicted molar refractivity (Wildman–Crippen MR) is 61.4 cm³/mol. The van der Waals surface area contributed by atoms with E-state index in [0.29, 0.717) is 0 Å². The molecule has 0 saturated carbocycles. The van der Waals surface area contributed by atoms with Crippen molar-refractivity contribution in [3.8, 4) is 0 Å². The molecule has 0 aliphatic carbocycles. The topological polar surface area (TPSA) is 23.9 Å². The first kappa shape index (κ1) is 14.2. The molecule has 13 heavy (non-hydrogen) atoms. The molecule has 0 aliphatic heterocycles. The minimum atomic E-state index is 1.25. The van der Waals surface area contributed by atoms with Gasteiger partial charge in [-0.3, -0.25) is 0 Å². The lowest BCUT2D eigenvalue weighted by Gasteiger charge is -1.69. The van der Waals surface area contributed by atoms with Gasteiger partial charge in [0.2, 0.25) is 0 Å². The van der Waals surface area contributed by atoms with Crippen LogP contribution in [-0.2, 0) is 0 Å². The lowest BCUT2D eigenvalue weighted by Crippen LogP contribution is -1.48. The van der Waals surface area contributed by atoms with Gasteiger partial charge in [-0.25, -0.2) is 0 Å². The minimum Gasteiger partial charge on any atom is -0.309 e. The normalized spacial score (nSPS) is 7.62. The number of hydrogen-bond donors (Lipinski definition) is 1. The first-order valence-corrected chi connectivity index (χ1v) is 4.53. The number of allylic oxidation sites excluding steroid dienone is 2. The van der Waals surface area contributed by atoms with Gasteiger partial charge in [0.05, 0.1) is 0 Å². The number of rotatable bonds is 1. The standard InChI is InChI=1S/C6H6.C4H7N.C2H6/c1-2-4-6-5-3-1;1-2-3-4-5;1-2/h1-6H;2-5H,1H3;1-2H3/b;3-2-,5-4?;. The third-order valence-corrected chi connectivity index (χ3v) is 0.955. The third-order valence-electron chi connectivity index (χ3n) is 0.955. The fourth-order valence-electron chi connectivity index (χ4n) is 0.481. The first-order chi connectivity index (χ1) is 6.41. The van der Waals surface area contributed by atoms with Crippen molar-refractivity contribution in [1.29, 1.82) is 5.41 Å². The maximum absolute atomic E-state index is 6.39. The largest absolute Gasteiger partial charge is 0.309 e. The minimum absolute atomic E-state index is 1.25. The number of benzene rings is 1. The van der Waals surface area contributed by atoms with Gasteiger partial charge in [-0.15, -0.1) is 0 Å². The zero-order valence-electron chi connectivity index (χ0n) is 8.70. The number of hydrogen-bond acceptors (Lipinski definition) is 1. The lowest BCUT2D eigenvalue weighted by molar-refractivity contribution is 1.50. The summed E-state index contributed by atoms with van der Waals surface area (Å²) >= 11 is 0. The molecule has 0 aromatic heterocycles. The van der Waals surface area contributed by atoms with E-state index in [0.717, 1.165) is 0 Å². The molecule has 0 spiro atoms. The van der Waals surface area contributed by atoms with Crippen LogP contribution in [0.2, 0.25) is 0 Å². The van der Waals surface area contributed by atoms with Crippen molar-refractivity contribution in [3.63, 3.8) is 0 Å². The van der Waals surface area contributed by atoms with Crippen LogP contribution >= 0.6 is 0 Å². The highest BCUT2D eigenvalue weighted by atomic mass is 14.3. The van der Waals surface area contributed by atoms with E-state index in [1.165, 1.54) is 6.21 Å². The molecule has 0 aliphatic rings. The fourth-order valence-corrected chi connectivity index (χ4v) is 0.481. The Labute approximate surface area is 81.6 Å². The van der Waals surface area contributed by atoms with Crippen LogP contribution in [0.4, 0.5) is 0 Å². The Morgan fingerprint density at radius 1 is 0.846 bits per heavy atom. The second-order valence-electron chi connectivity index (χ2n) is 1.85. The maximum Gasteiger partial charge on any atom is 0.0174 e. The zero-order valence-corrected chi connectivity index (χ0v) is 8.70. The van der Waals surface area contributed by atoms with Crippen LogP contribution in [0.15, 0.2) is 48.6 Å². The van der Waals surface area contributed by atoms with Gasteiger partial charge in [0, 0.05) is 6.21 Å². The van der Waals surface area contributed by atoms with E-state index in [2.05, 4.69) is 0 Å². The summed E-state index contributed by atoms with van der Waals surface area (Å²) in [6.07, 6.45) is 4.73. The summed E-state index contributed by atoms with van der Waals surface area (Å²) in [4.78, 5) is 0. The van der Waals surface area contributed by atoms with Gasteiger partial charge in [0.25, 0.3) is 0 Å². The van der Waals surface area contributed by atoms with Gasteiger partial charge in [-0.2, -0.15) is 0 Å². The molecule has 0 bridgehead atoms. The van der Waals surface area contributed by atoms with Crippen LogP contribution in [0.25, 0.3) is 0 Å². The van der Waals surface area contributed by atoms with E-state index in [4.69, 9.17) is 5.41 Å². The van der Waals surface area contributed by atoms with Gasteiger partial charge in [0.15, 0.2) is 0 Å². The molecule has 0 atom stereocenters. The van der Waals surface area contributed by atoms with Crippen molar-refractivity contribution >= 4 is 6.21 Å². The van der Waals surface area contributed by atoms with Crippen LogP contribution in [-0.4, -0.2) is 6.21 Å². The second kappa shape index (κ2) is 16.9. The van der Waals surface area contributed by atoms with E-state index < -0.39 is 0 Å². The predicted octanol–water partition coefficient (Wildman–Crippen LogP) is 3.92. The smallest absolute Gasteiger partial charge is 0.0174 e. The Morgan fingerprint density at radius 3 is 1.23 bits per heavy atom. The van der Waals surface area contributed by atoms with Crippen LogP contribution < -0.4 is 0 Å². The Morgan fingerprint density at radius 2 is 1.15 bits per heavy atom. The molecular weight excluding hydrogens is 158 g/mol. The molecule has 1 N–H and O–H groups in total. The Bertz CT molecular complexity index is 163. The van der Waals surface area contributed by atoms with Crippen molar-refractivity contribution in [2.24, 2.45) is 0 Å². The molecule has 0 radical (unpaired) electrons. The molecule has 1 heteroatoms. The molecule has 0 unspecified atom stereocenters. The SMILES string of the molecule is C/C=C\C=N.CC.c1ccccc1. The second-order valence-corrected chi connectivity index (χ2v) is 1.85. The molecule has 72 valence electrons. The molecular formula is C12H19N. The van der Waals surface area contributed by atoms with E-state index in [1.54, 1.807) is 6.08 Å². The Balaban J connectivity index is 0. The van der Waals surface area contributed by atoms with Crippen molar-refractivity contribution in [2.75, 3.05) is 0 Å². The van der Waals surface area contributed by atoms with E-state index in [-0.39, 0.29) is 0 Å². The van der Waals surface area contributed by atoms with Crippen molar-refractivity contribution in [2.45, 2.75) is 20.8 Å². The van der Waals surface area contributed by atoms with Gasteiger partial charge in [-0.1, -0.05) is 56.3 Å². The Kier molecular flexibility index (Phi) is 18.5. The molecule has 1 nitrogen and oxygen atoms in total. The van der Waals surface area contributed by atoms with Crippen LogP contribution in [0, 0.1) is 5.41 Å². The van der Waals surface area contributed by atoms with Gasteiger partial charge >= 0.3 is 0 Å². The molecule has 0 amide bonds. The van der Waals surface area contributed by atoms with Crippen molar-refractivity contribution < 1.29 is 0 Å². The van der Waals surface area contributed by atoms with Crippen molar-refractivity contribution in [3.05, 3.63) is 48.6 Å². The Hall–Kier alpha value is -1.37. The molecule has 0 fully saturated rings. The summed E-state index contributed by atoms with van der Waals surface area (Å²) < 4.78 is 0. The maximum atomic E-state index is 6.39. The molecule has 1 aromatic rings. The molecule has 1 rings (SSSR count). The van der Waals surface area contributed by atoms with E-state index in [1.807, 2.05) is 63.2 Å². The molecule has 1 aromatic carbocycles. The third kappa shape index (κ3) is 18.0. The van der Waals surface area contributed by atoms with Crippen LogP contribution in [0.5, 0.6) is 0 Å². The lowest BCUT2D eigenvalue weighted by atomic mass is 10.4. The summed E-state index contributed by atoms with van der Waals surface area (Å²) in [5.41, 5.74) is 0. The highest BCUT2D eigenvalue weighted by Crippen LogP contribution is 1.79. The summed E-state index contributed by atoms with van der Waals surface area (Å²) in [7, 11) is 0. The average Bonchev–Trinajstić information content (AvgIpc) is 2.25. The van der Waals surface area contributed by atoms with Gasteiger partial charge in [0.1, 0.15) is 0 Å². The van der Waals surface area contributed by atoms with Crippen molar-refractivity contribution in [1.82, 2.24) is 0 Å². The fraction of sp³-hybridized carbons (Fsp3) is 0.250. The first-order valence-electron chi connectivity index (χ1n) is 4.53. The van der Waals surface area contributed by atoms with E-state index >= 15 is 0 Å². The summed E-state index contributed by atoms with van der Waals surface area (Å²) in [6, 6.07) is 12.0. The highest BCUT2D eigenvalue weighted by molar-refractivity contribution is 5.67. The zero-order chi connectivity index (χ0) is 10.4. The summed E-state index contributed by atoms with van der Waals surface area (Å²) in [5.74, 6) is 0. The summed E-state index contributed by atoms with van der Waals surface area (Å²) in [5, 5.41) is 6.39. The van der Waals surface area contributed by atoms with E-state index in [9.17, 15) is 0 Å².